The Labute approximate surface area is 209 Å². The number of carbonyl (C=O) groups is 2. The van der Waals surface area contributed by atoms with Crippen molar-refractivity contribution in [1.82, 2.24) is 25.1 Å². The molecule has 36 heavy (non-hydrogen) atoms. The molecule has 2 aromatic heterocycles. The van der Waals surface area contributed by atoms with Crippen LogP contribution in [-0.4, -0.2) is 70.2 Å². The average Bonchev–Trinajstić information content (AvgIpc) is 3.49. The van der Waals surface area contributed by atoms with Gasteiger partial charge in [-0.2, -0.15) is 4.68 Å². The first-order valence-corrected chi connectivity index (χ1v) is 12.7. The molecule has 1 atom stereocenters. The Morgan fingerprint density at radius 1 is 1.33 bits per heavy atom. The Hall–Kier alpha value is -3.74. The fourth-order valence-corrected chi connectivity index (χ4v) is 4.84. The maximum Gasteiger partial charge on any atom is 0.437 e. The number of aromatic nitrogens is 4. The SMILES string of the molecule is CSc1ncc2c(n1)N1CCC[C@H]1CN(c1cccc(-c3nn(CC(=O)NCCF)c(=O)o3)c1)C2=O. The molecule has 0 unspecified atom stereocenters. The Kier molecular flexibility index (Phi) is 6.72. The van der Waals surface area contributed by atoms with Gasteiger partial charge in [-0.05, 0) is 37.3 Å². The minimum absolute atomic E-state index is 0.0123. The number of benzene rings is 1. The van der Waals surface area contributed by atoms with Crippen molar-refractivity contribution in [1.29, 1.82) is 0 Å². The lowest BCUT2D eigenvalue weighted by atomic mass is 10.1. The van der Waals surface area contributed by atoms with Gasteiger partial charge in [0.2, 0.25) is 11.8 Å². The topological polar surface area (TPSA) is 126 Å². The number of anilines is 2. The molecule has 13 heteroatoms. The van der Waals surface area contributed by atoms with Gasteiger partial charge in [0.05, 0.1) is 0 Å². The van der Waals surface area contributed by atoms with E-state index >= 15 is 0 Å². The van der Waals surface area contributed by atoms with Crippen molar-refractivity contribution in [2.45, 2.75) is 30.6 Å². The molecule has 4 heterocycles. The first-order valence-electron chi connectivity index (χ1n) is 11.5. The molecule has 0 saturated carbocycles. The lowest BCUT2D eigenvalue weighted by molar-refractivity contribution is -0.122. The molecule has 1 saturated heterocycles. The highest BCUT2D eigenvalue weighted by atomic mass is 32.2. The van der Waals surface area contributed by atoms with Gasteiger partial charge in [-0.1, -0.05) is 17.8 Å². The summed E-state index contributed by atoms with van der Waals surface area (Å²) in [7, 11) is 0. The van der Waals surface area contributed by atoms with Crippen molar-refractivity contribution in [3.05, 3.63) is 46.6 Å². The predicted molar refractivity (Wildman–Crippen MR) is 131 cm³/mol. The number of nitrogens with one attached hydrogen (secondary N) is 1. The summed E-state index contributed by atoms with van der Waals surface area (Å²) in [5.74, 6) is -0.894. The average molecular weight is 514 g/mol. The second-order valence-corrected chi connectivity index (χ2v) is 9.19. The van der Waals surface area contributed by atoms with E-state index in [1.165, 1.54) is 11.8 Å². The van der Waals surface area contributed by atoms with Crippen molar-refractivity contribution in [2.24, 2.45) is 0 Å². The second kappa shape index (κ2) is 10.1. The first kappa shape index (κ1) is 24.0. The normalized spacial score (nSPS) is 17.1. The van der Waals surface area contributed by atoms with E-state index in [0.717, 1.165) is 24.1 Å². The molecule has 188 valence electrons. The zero-order chi connectivity index (χ0) is 25.2. The Morgan fingerprint density at radius 2 is 2.19 bits per heavy atom. The lowest BCUT2D eigenvalue weighted by Gasteiger charge is -2.27. The number of thioether (sulfide) groups is 1. The van der Waals surface area contributed by atoms with Crippen LogP contribution in [0.1, 0.15) is 23.2 Å². The molecule has 1 aromatic carbocycles. The van der Waals surface area contributed by atoms with Crippen LogP contribution < -0.4 is 20.9 Å². The monoisotopic (exact) mass is 513 g/mol. The largest absolute Gasteiger partial charge is 0.437 e. The van der Waals surface area contributed by atoms with E-state index in [1.54, 1.807) is 29.3 Å². The summed E-state index contributed by atoms with van der Waals surface area (Å²) in [6.45, 7) is 0.0561. The zero-order valence-electron chi connectivity index (χ0n) is 19.5. The molecule has 11 nitrogen and oxygen atoms in total. The van der Waals surface area contributed by atoms with Gasteiger partial charge in [0.1, 0.15) is 24.6 Å². The van der Waals surface area contributed by atoms with Crippen LogP contribution in [0.25, 0.3) is 11.5 Å². The number of rotatable bonds is 7. The molecule has 1 fully saturated rings. The van der Waals surface area contributed by atoms with Gasteiger partial charge in [-0.3, -0.25) is 9.59 Å². The predicted octanol–water partition coefficient (Wildman–Crippen LogP) is 1.73. The number of amides is 2. The van der Waals surface area contributed by atoms with Gasteiger partial charge in [-0.15, -0.1) is 5.10 Å². The molecular weight excluding hydrogens is 489 g/mol. The molecular formula is C23H24FN7O4S. The number of hydrogen-bond acceptors (Lipinski definition) is 9. The molecule has 2 amide bonds. The van der Waals surface area contributed by atoms with Crippen molar-refractivity contribution >= 4 is 35.1 Å². The third-order valence-electron chi connectivity index (χ3n) is 6.17. The summed E-state index contributed by atoms with van der Waals surface area (Å²) in [6, 6.07) is 7.09. The van der Waals surface area contributed by atoms with Gasteiger partial charge in [0, 0.05) is 43.1 Å². The third kappa shape index (κ3) is 4.57. The van der Waals surface area contributed by atoms with Crippen molar-refractivity contribution < 1.29 is 18.4 Å². The highest BCUT2D eigenvalue weighted by molar-refractivity contribution is 7.98. The van der Waals surface area contributed by atoms with Crippen LogP contribution in [0.3, 0.4) is 0 Å². The lowest BCUT2D eigenvalue weighted by Crippen LogP contribution is -2.39. The van der Waals surface area contributed by atoms with Gasteiger partial charge in [0.25, 0.3) is 5.91 Å². The van der Waals surface area contributed by atoms with E-state index in [9.17, 15) is 18.8 Å². The summed E-state index contributed by atoms with van der Waals surface area (Å²) >= 11 is 1.43. The zero-order valence-corrected chi connectivity index (χ0v) is 20.3. The highest BCUT2D eigenvalue weighted by Gasteiger charge is 2.37. The Morgan fingerprint density at radius 3 is 3.00 bits per heavy atom. The van der Waals surface area contributed by atoms with Crippen molar-refractivity contribution in [3.8, 4) is 11.5 Å². The maximum atomic E-state index is 13.6. The minimum Gasteiger partial charge on any atom is -0.388 e. The highest BCUT2D eigenvalue weighted by Crippen LogP contribution is 2.35. The maximum absolute atomic E-state index is 13.6. The van der Waals surface area contributed by atoms with Gasteiger partial charge in [-0.25, -0.2) is 19.2 Å². The summed E-state index contributed by atoms with van der Waals surface area (Å²) < 4.78 is 18.4. The molecule has 0 bridgehead atoms. The van der Waals surface area contributed by atoms with Crippen molar-refractivity contribution in [2.75, 3.05) is 42.4 Å². The van der Waals surface area contributed by atoms with Gasteiger partial charge >= 0.3 is 5.76 Å². The molecule has 1 N–H and O–H groups in total. The Balaban J connectivity index is 1.46. The van der Waals surface area contributed by atoms with Crippen molar-refractivity contribution in [3.63, 3.8) is 0 Å². The second-order valence-electron chi connectivity index (χ2n) is 8.42. The minimum atomic E-state index is -0.811. The molecule has 3 aromatic rings. The standard InChI is InChI=1S/C23H24FN7O4S/c1-36-22-26-11-17-19(27-22)29-9-3-6-16(29)12-30(21(17)33)15-5-2-4-14(10-15)20-28-31(23(34)35-20)13-18(32)25-8-7-24/h2,4-5,10-11,16H,3,6-9,12-13H2,1H3,(H,25,32)/t16-/m0/s1. The summed E-state index contributed by atoms with van der Waals surface area (Å²) in [5, 5.41) is 7.06. The van der Waals surface area contributed by atoms with E-state index in [4.69, 9.17) is 4.42 Å². The number of alkyl halides is 1. The number of carbonyl (C=O) groups excluding carboxylic acids is 2. The van der Waals surface area contributed by atoms with Gasteiger partial charge in [0.15, 0.2) is 5.16 Å². The van der Waals surface area contributed by atoms with E-state index in [2.05, 4.69) is 25.3 Å². The molecule has 2 aliphatic heterocycles. The molecule has 0 radical (unpaired) electrons. The third-order valence-corrected chi connectivity index (χ3v) is 6.73. The smallest absolute Gasteiger partial charge is 0.388 e. The number of halogens is 1. The van der Waals surface area contributed by atoms with Crippen LogP contribution in [0, 0.1) is 0 Å². The van der Waals surface area contributed by atoms with E-state index in [-0.39, 0.29) is 30.9 Å². The Bertz CT molecular complexity index is 1360. The number of hydrogen-bond donors (Lipinski definition) is 1. The van der Waals surface area contributed by atoms with Crippen LogP contribution in [0.4, 0.5) is 15.9 Å². The molecule has 5 rings (SSSR count). The number of nitrogens with zero attached hydrogens (tertiary/aromatic N) is 6. The molecule has 0 spiro atoms. The van der Waals surface area contributed by atoms with E-state index in [1.807, 2.05) is 12.3 Å². The summed E-state index contributed by atoms with van der Waals surface area (Å²) in [4.78, 5) is 50.6. The van der Waals surface area contributed by atoms with Gasteiger partial charge < -0.3 is 19.5 Å². The fraction of sp³-hybridized carbons (Fsp3) is 0.391. The fourth-order valence-electron chi connectivity index (χ4n) is 4.50. The van der Waals surface area contributed by atoms with Crippen LogP contribution in [-0.2, 0) is 11.3 Å². The van der Waals surface area contributed by atoms with Crippen LogP contribution in [0.2, 0.25) is 0 Å². The first-order chi connectivity index (χ1) is 17.5. The summed E-state index contributed by atoms with van der Waals surface area (Å²) in [6.07, 6.45) is 5.43. The van der Waals surface area contributed by atoms with Crippen LogP contribution in [0.5, 0.6) is 0 Å². The van der Waals surface area contributed by atoms with Crippen LogP contribution >= 0.6 is 11.8 Å². The quantitative estimate of drug-likeness (QED) is 0.371. The van der Waals surface area contributed by atoms with E-state index < -0.39 is 18.3 Å². The summed E-state index contributed by atoms with van der Waals surface area (Å²) in [5.41, 5.74) is 1.53. The molecule has 2 aliphatic rings. The van der Waals surface area contributed by atoms with Crippen LogP contribution in [0.15, 0.2) is 44.8 Å². The van der Waals surface area contributed by atoms with E-state index in [0.29, 0.717) is 34.3 Å². The number of fused-ring (bicyclic) bond motifs is 3. The molecule has 0 aliphatic carbocycles.